The summed E-state index contributed by atoms with van der Waals surface area (Å²) in [7, 11) is 1.90. The van der Waals surface area contributed by atoms with Crippen LogP contribution in [0.2, 0.25) is 0 Å². The van der Waals surface area contributed by atoms with Crippen LogP contribution < -0.4 is 10.5 Å². The summed E-state index contributed by atoms with van der Waals surface area (Å²) in [4.78, 5) is 12.9. The Kier molecular flexibility index (Phi) is 4.12. The highest BCUT2D eigenvalue weighted by atomic mass is 16.5. The van der Waals surface area contributed by atoms with E-state index in [9.17, 15) is 4.79 Å². The van der Waals surface area contributed by atoms with Gasteiger partial charge in [-0.25, -0.2) is 5.10 Å². The Bertz CT molecular complexity index is 324. The fourth-order valence-corrected chi connectivity index (χ4v) is 1.05. The van der Waals surface area contributed by atoms with Gasteiger partial charge < -0.3 is 9.64 Å². The van der Waals surface area contributed by atoms with Gasteiger partial charge in [-0.2, -0.15) is 5.10 Å². The van der Waals surface area contributed by atoms with Crippen molar-refractivity contribution in [3.8, 4) is 0 Å². The smallest absolute Gasteiger partial charge is 0.266 e. The van der Waals surface area contributed by atoms with E-state index >= 15 is 0 Å². The van der Waals surface area contributed by atoms with E-state index in [1.165, 1.54) is 6.07 Å². The maximum atomic E-state index is 10.9. The van der Waals surface area contributed by atoms with Gasteiger partial charge in [0.05, 0.1) is 18.5 Å². The monoisotopic (exact) mass is 197 g/mol. The number of nitrogens with one attached hydrogen (secondary N) is 1. The molecule has 0 saturated heterocycles. The number of hydrogen-bond acceptors (Lipinski definition) is 4. The SMILES string of the molecule is CCOCCN(C)c1cn[nH]c(=O)c1. The summed E-state index contributed by atoms with van der Waals surface area (Å²) in [6.45, 7) is 4.06. The van der Waals surface area contributed by atoms with Crippen LogP contribution in [0.3, 0.4) is 0 Å². The molecule has 14 heavy (non-hydrogen) atoms. The molecule has 0 spiro atoms. The van der Waals surface area contributed by atoms with E-state index in [2.05, 4.69) is 10.2 Å². The van der Waals surface area contributed by atoms with Gasteiger partial charge in [-0.05, 0) is 6.92 Å². The fourth-order valence-electron chi connectivity index (χ4n) is 1.05. The first-order valence-corrected chi connectivity index (χ1v) is 4.57. The quantitative estimate of drug-likeness (QED) is 0.687. The zero-order valence-electron chi connectivity index (χ0n) is 8.49. The van der Waals surface area contributed by atoms with Crippen LogP contribution in [0.5, 0.6) is 0 Å². The lowest BCUT2D eigenvalue weighted by Gasteiger charge is -2.17. The highest BCUT2D eigenvalue weighted by Crippen LogP contribution is 2.04. The Morgan fingerprint density at radius 2 is 2.43 bits per heavy atom. The van der Waals surface area contributed by atoms with Gasteiger partial charge in [0.25, 0.3) is 5.56 Å². The number of aromatic amines is 1. The van der Waals surface area contributed by atoms with Gasteiger partial charge in [-0.3, -0.25) is 4.79 Å². The summed E-state index contributed by atoms with van der Waals surface area (Å²) in [5.74, 6) is 0. The Morgan fingerprint density at radius 1 is 1.64 bits per heavy atom. The van der Waals surface area contributed by atoms with E-state index in [0.29, 0.717) is 13.2 Å². The molecule has 1 N–H and O–H groups in total. The van der Waals surface area contributed by atoms with Crippen molar-refractivity contribution in [2.24, 2.45) is 0 Å². The van der Waals surface area contributed by atoms with Crippen molar-refractivity contribution in [3.63, 3.8) is 0 Å². The third kappa shape index (κ3) is 3.18. The molecule has 0 fully saturated rings. The number of H-pyrrole nitrogens is 1. The summed E-state index contributed by atoms with van der Waals surface area (Å²) in [6.07, 6.45) is 1.62. The molecular formula is C9H15N3O2. The summed E-state index contributed by atoms with van der Waals surface area (Å²) in [5.41, 5.74) is 0.610. The average Bonchev–Trinajstić information content (AvgIpc) is 2.18. The van der Waals surface area contributed by atoms with Crippen molar-refractivity contribution in [1.29, 1.82) is 0 Å². The molecule has 0 unspecified atom stereocenters. The molecule has 0 radical (unpaired) electrons. The number of likely N-dealkylation sites (N-methyl/N-ethyl adjacent to an activating group) is 1. The topological polar surface area (TPSA) is 58.2 Å². The Balaban J connectivity index is 2.51. The van der Waals surface area contributed by atoms with Gasteiger partial charge in [0.1, 0.15) is 0 Å². The second kappa shape index (κ2) is 5.39. The van der Waals surface area contributed by atoms with Crippen LogP contribution in [-0.2, 0) is 4.74 Å². The fraction of sp³-hybridized carbons (Fsp3) is 0.556. The van der Waals surface area contributed by atoms with Crippen LogP contribution in [0.1, 0.15) is 6.92 Å². The minimum Gasteiger partial charge on any atom is -0.380 e. The molecule has 1 aromatic heterocycles. The summed E-state index contributed by atoms with van der Waals surface area (Å²) < 4.78 is 5.21. The number of anilines is 1. The van der Waals surface area contributed by atoms with E-state index in [0.717, 1.165) is 12.2 Å². The van der Waals surface area contributed by atoms with Crippen LogP contribution in [-0.4, -0.2) is 37.0 Å². The third-order valence-electron chi connectivity index (χ3n) is 1.87. The molecule has 1 heterocycles. The van der Waals surface area contributed by atoms with Crippen LogP contribution in [0.4, 0.5) is 5.69 Å². The van der Waals surface area contributed by atoms with Crippen molar-refractivity contribution in [3.05, 3.63) is 22.6 Å². The average molecular weight is 197 g/mol. The highest BCUT2D eigenvalue weighted by molar-refractivity contribution is 5.41. The second-order valence-electron chi connectivity index (χ2n) is 2.92. The molecule has 0 atom stereocenters. The first-order chi connectivity index (χ1) is 6.74. The van der Waals surface area contributed by atoms with E-state index in [1.807, 2.05) is 18.9 Å². The lowest BCUT2D eigenvalue weighted by molar-refractivity contribution is 0.154. The molecular weight excluding hydrogens is 182 g/mol. The maximum Gasteiger partial charge on any atom is 0.266 e. The van der Waals surface area contributed by atoms with E-state index in [1.54, 1.807) is 6.20 Å². The van der Waals surface area contributed by atoms with Crippen molar-refractivity contribution in [2.75, 3.05) is 31.7 Å². The van der Waals surface area contributed by atoms with Gasteiger partial charge in [-0.15, -0.1) is 0 Å². The minimum atomic E-state index is -0.189. The lowest BCUT2D eigenvalue weighted by atomic mass is 10.4. The summed E-state index contributed by atoms with van der Waals surface area (Å²) in [6, 6.07) is 1.51. The minimum absolute atomic E-state index is 0.189. The van der Waals surface area contributed by atoms with Gasteiger partial charge in [-0.1, -0.05) is 0 Å². The largest absolute Gasteiger partial charge is 0.380 e. The number of ether oxygens (including phenoxy) is 1. The predicted octanol–water partition coefficient (Wildman–Crippen LogP) is 0.243. The maximum absolute atomic E-state index is 10.9. The van der Waals surface area contributed by atoms with Crippen molar-refractivity contribution < 1.29 is 4.74 Å². The zero-order valence-corrected chi connectivity index (χ0v) is 8.49. The van der Waals surface area contributed by atoms with Crippen molar-refractivity contribution in [2.45, 2.75) is 6.92 Å². The van der Waals surface area contributed by atoms with Gasteiger partial charge >= 0.3 is 0 Å². The number of aromatic nitrogens is 2. The van der Waals surface area contributed by atoms with Crippen LogP contribution in [0, 0.1) is 0 Å². The molecule has 5 nitrogen and oxygen atoms in total. The molecule has 0 aliphatic carbocycles. The number of nitrogens with zero attached hydrogens (tertiary/aromatic N) is 2. The first kappa shape index (κ1) is 10.7. The summed E-state index contributed by atoms with van der Waals surface area (Å²) in [5, 5.41) is 6.04. The molecule has 1 rings (SSSR count). The highest BCUT2D eigenvalue weighted by Gasteiger charge is 2.00. The van der Waals surface area contributed by atoms with E-state index in [-0.39, 0.29) is 5.56 Å². The molecule has 1 aromatic rings. The van der Waals surface area contributed by atoms with Crippen LogP contribution in [0.15, 0.2) is 17.1 Å². The molecule has 0 aliphatic heterocycles. The molecule has 0 saturated carbocycles. The number of hydrogen-bond donors (Lipinski definition) is 1. The Labute approximate surface area is 82.7 Å². The number of rotatable bonds is 5. The van der Waals surface area contributed by atoms with E-state index < -0.39 is 0 Å². The van der Waals surface area contributed by atoms with Gasteiger partial charge in [0.2, 0.25) is 0 Å². The molecule has 5 heteroatoms. The normalized spacial score (nSPS) is 10.1. The molecule has 0 aromatic carbocycles. The van der Waals surface area contributed by atoms with Gasteiger partial charge in [0, 0.05) is 26.3 Å². The van der Waals surface area contributed by atoms with Crippen LogP contribution in [0.25, 0.3) is 0 Å². The van der Waals surface area contributed by atoms with Crippen molar-refractivity contribution >= 4 is 5.69 Å². The third-order valence-corrected chi connectivity index (χ3v) is 1.87. The van der Waals surface area contributed by atoms with Crippen molar-refractivity contribution in [1.82, 2.24) is 10.2 Å². The predicted molar refractivity (Wildman–Crippen MR) is 54.6 cm³/mol. The molecule has 0 bridgehead atoms. The zero-order chi connectivity index (χ0) is 10.4. The van der Waals surface area contributed by atoms with Crippen LogP contribution >= 0.6 is 0 Å². The molecule has 78 valence electrons. The Hall–Kier alpha value is -1.36. The second-order valence-corrected chi connectivity index (χ2v) is 2.92. The first-order valence-electron chi connectivity index (χ1n) is 4.57. The summed E-state index contributed by atoms with van der Waals surface area (Å²) >= 11 is 0. The van der Waals surface area contributed by atoms with Gasteiger partial charge in [0.15, 0.2) is 0 Å². The molecule has 0 amide bonds. The lowest BCUT2D eigenvalue weighted by Crippen LogP contribution is -2.24. The Morgan fingerprint density at radius 3 is 3.07 bits per heavy atom. The standard InChI is InChI=1S/C9H15N3O2/c1-3-14-5-4-12(2)8-6-9(13)11-10-7-8/h6-7H,3-5H2,1-2H3,(H,11,13). The molecule has 0 aliphatic rings. The van der Waals surface area contributed by atoms with E-state index in [4.69, 9.17) is 4.74 Å².